The Bertz CT molecular complexity index is 388. The van der Waals surface area contributed by atoms with Gasteiger partial charge in [0.2, 0.25) is 0 Å². The Hall–Kier alpha value is -1.01. The molecular formula is C12H20ClN3O3. The summed E-state index contributed by atoms with van der Waals surface area (Å²) in [5.74, 6) is 1.44. The first-order valence-electron chi connectivity index (χ1n) is 6.58. The highest BCUT2D eigenvalue weighted by Crippen LogP contribution is 2.27. The van der Waals surface area contributed by atoms with Gasteiger partial charge in [-0.05, 0) is 23.9 Å². The molecule has 0 aromatic carbocycles. The molecule has 0 aromatic rings. The van der Waals surface area contributed by atoms with E-state index in [1.165, 1.54) is 0 Å². The van der Waals surface area contributed by atoms with Crippen LogP contribution in [0.3, 0.4) is 0 Å². The molecule has 6 nitrogen and oxygen atoms in total. The maximum Gasteiger partial charge on any atom is 0.377 e. The van der Waals surface area contributed by atoms with Gasteiger partial charge in [-0.15, -0.1) is 0 Å². The minimum absolute atomic E-state index is 0.284. The fraction of sp³-hybridized carbons (Fsp3) is 0.833. The fourth-order valence-electron chi connectivity index (χ4n) is 2.72. The predicted molar refractivity (Wildman–Crippen MR) is 72.2 cm³/mol. The van der Waals surface area contributed by atoms with Crippen LogP contribution in [0.5, 0.6) is 0 Å². The van der Waals surface area contributed by atoms with Crippen LogP contribution in [0.4, 0.5) is 0 Å². The second-order valence-electron chi connectivity index (χ2n) is 5.37. The molecule has 0 spiro atoms. The lowest BCUT2D eigenvalue weighted by Gasteiger charge is -2.38. The summed E-state index contributed by atoms with van der Waals surface area (Å²) in [4.78, 5) is 14.3. The van der Waals surface area contributed by atoms with Gasteiger partial charge in [-0.1, -0.05) is 6.92 Å². The molecule has 19 heavy (non-hydrogen) atoms. The minimum Gasteiger partial charge on any atom is -0.381 e. The van der Waals surface area contributed by atoms with Gasteiger partial charge < -0.3 is 14.5 Å². The van der Waals surface area contributed by atoms with Gasteiger partial charge in [0, 0.05) is 39.2 Å². The molecule has 2 aliphatic rings. The Morgan fingerprint density at radius 3 is 2.84 bits per heavy atom. The Labute approximate surface area is 118 Å². The third kappa shape index (κ3) is 3.12. The van der Waals surface area contributed by atoms with Gasteiger partial charge in [-0.3, -0.25) is 10.1 Å². The molecule has 2 unspecified atom stereocenters. The van der Waals surface area contributed by atoms with Crippen molar-refractivity contribution in [2.45, 2.75) is 13.3 Å². The lowest BCUT2D eigenvalue weighted by atomic mass is 9.97. The standard InChI is InChI=1S/C12H20ClN3O3/c1-9-7-19-8-10(9)6-15-5-3-4-14(2)12(15)11(13)16(17)18/h9-10H,3-8H2,1-2H3. The van der Waals surface area contributed by atoms with E-state index in [4.69, 9.17) is 16.3 Å². The molecule has 108 valence electrons. The number of nitro groups is 1. The first kappa shape index (κ1) is 14.4. The summed E-state index contributed by atoms with van der Waals surface area (Å²) >= 11 is 5.87. The first-order chi connectivity index (χ1) is 9.00. The van der Waals surface area contributed by atoms with Gasteiger partial charge in [-0.25, -0.2) is 0 Å². The van der Waals surface area contributed by atoms with E-state index in [2.05, 4.69) is 6.92 Å². The van der Waals surface area contributed by atoms with Gasteiger partial charge in [0.25, 0.3) is 0 Å². The summed E-state index contributed by atoms with van der Waals surface area (Å²) in [5, 5.41) is 10.6. The topological polar surface area (TPSA) is 58.8 Å². The van der Waals surface area contributed by atoms with Crippen molar-refractivity contribution < 1.29 is 9.66 Å². The lowest BCUT2D eigenvalue weighted by Crippen LogP contribution is -2.44. The molecule has 0 saturated carbocycles. The van der Waals surface area contributed by atoms with Crippen molar-refractivity contribution in [1.29, 1.82) is 0 Å². The van der Waals surface area contributed by atoms with Crippen LogP contribution >= 0.6 is 11.6 Å². The molecule has 2 rings (SSSR count). The summed E-state index contributed by atoms with van der Waals surface area (Å²) in [7, 11) is 1.85. The van der Waals surface area contributed by atoms with Crippen LogP contribution in [0, 0.1) is 22.0 Å². The van der Waals surface area contributed by atoms with Crippen molar-refractivity contribution in [2.24, 2.45) is 11.8 Å². The number of hydrogen-bond donors (Lipinski definition) is 0. The third-order valence-corrected chi connectivity index (χ3v) is 4.21. The van der Waals surface area contributed by atoms with Crippen LogP contribution < -0.4 is 0 Å². The number of ether oxygens (including phenoxy) is 1. The summed E-state index contributed by atoms with van der Waals surface area (Å²) in [6, 6.07) is 0. The first-order valence-corrected chi connectivity index (χ1v) is 6.96. The highest BCUT2D eigenvalue weighted by molar-refractivity contribution is 6.28. The monoisotopic (exact) mass is 289 g/mol. The molecule has 0 bridgehead atoms. The van der Waals surface area contributed by atoms with Crippen LogP contribution in [-0.2, 0) is 4.74 Å². The van der Waals surface area contributed by atoms with Crippen molar-refractivity contribution in [3.05, 3.63) is 21.1 Å². The van der Waals surface area contributed by atoms with Crippen LogP contribution in [0.15, 0.2) is 11.0 Å². The average molecular weight is 290 g/mol. The molecule has 2 heterocycles. The highest BCUT2D eigenvalue weighted by atomic mass is 35.5. The Morgan fingerprint density at radius 2 is 2.26 bits per heavy atom. The molecular weight excluding hydrogens is 270 g/mol. The van der Waals surface area contributed by atoms with E-state index in [-0.39, 0.29) is 5.16 Å². The number of rotatable bonds is 3. The zero-order valence-corrected chi connectivity index (χ0v) is 12.1. The molecule has 7 heteroatoms. The largest absolute Gasteiger partial charge is 0.381 e. The van der Waals surface area contributed by atoms with Gasteiger partial charge in [-0.2, -0.15) is 0 Å². The van der Waals surface area contributed by atoms with Gasteiger partial charge in [0.05, 0.1) is 11.5 Å². The quantitative estimate of drug-likeness (QED) is 0.448. The zero-order valence-electron chi connectivity index (χ0n) is 11.3. The second-order valence-corrected chi connectivity index (χ2v) is 5.73. The predicted octanol–water partition coefficient (Wildman–Crippen LogP) is 1.55. The Balaban J connectivity index is 2.16. The van der Waals surface area contributed by atoms with Gasteiger partial charge in [0.1, 0.15) is 0 Å². The molecule has 0 aromatic heterocycles. The van der Waals surface area contributed by atoms with E-state index in [1.807, 2.05) is 16.8 Å². The Kier molecular flexibility index (Phi) is 4.52. The van der Waals surface area contributed by atoms with E-state index in [9.17, 15) is 10.1 Å². The third-order valence-electron chi connectivity index (χ3n) is 3.90. The van der Waals surface area contributed by atoms with Crippen molar-refractivity contribution >= 4 is 11.6 Å². The van der Waals surface area contributed by atoms with Crippen LogP contribution in [-0.4, -0.2) is 54.6 Å². The normalized spacial score (nSPS) is 30.7. The molecule has 2 saturated heterocycles. The summed E-state index contributed by atoms with van der Waals surface area (Å²) < 4.78 is 5.46. The Morgan fingerprint density at radius 1 is 1.53 bits per heavy atom. The summed E-state index contributed by atoms with van der Waals surface area (Å²) in [6.07, 6.45) is 0.990. The molecule has 2 atom stereocenters. The van der Waals surface area contributed by atoms with E-state index in [1.54, 1.807) is 0 Å². The van der Waals surface area contributed by atoms with E-state index in [0.29, 0.717) is 17.7 Å². The van der Waals surface area contributed by atoms with E-state index in [0.717, 1.165) is 39.3 Å². The lowest BCUT2D eigenvalue weighted by molar-refractivity contribution is -0.415. The molecule has 0 aliphatic carbocycles. The SMILES string of the molecule is CC1COCC1CN1CCCN(C)C1=C(Cl)[N+](=O)[O-]. The van der Waals surface area contributed by atoms with Gasteiger partial charge >= 0.3 is 5.16 Å². The molecule has 2 fully saturated rings. The second kappa shape index (κ2) is 5.96. The van der Waals surface area contributed by atoms with Crippen LogP contribution in [0.2, 0.25) is 0 Å². The van der Waals surface area contributed by atoms with Crippen LogP contribution in [0.1, 0.15) is 13.3 Å². The summed E-state index contributed by atoms with van der Waals surface area (Å²) in [5.41, 5.74) is 0. The molecule has 0 amide bonds. The van der Waals surface area contributed by atoms with Crippen LogP contribution in [0.25, 0.3) is 0 Å². The minimum atomic E-state index is -0.514. The molecule has 0 radical (unpaired) electrons. The maximum absolute atomic E-state index is 10.9. The van der Waals surface area contributed by atoms with Gasteiger partial charge in [0.15, 0.2) is 5.82 Å². The van der Waals surface area contributed by atoms with Crippen molar-refractivity contribution in [2.75, 3.05) is 39.9 Å². The number of halogens is 1. The van der Waals surface area contributed by atoms with E-state index >= 15 is 0 Å². The maximum atomic E-state index is 10.9. The number of hydrogen-bond acceptors (Lipinski definition) is 5. The zero-order chi connectivity index (χ0) is 14.0. The average Bonchev–Trinajstić information content (AvgIpc) is 2.74. The number of nitrogens with zero attached hydrogens (tertiary/aromatic N) is 3. The summed E-state index contributed by atoms with van der Waals surface area (Å²) in [6.45, 7) is 6.04. The molecule has 2 aliphatic heterocycles. The molecule has 0 N–H and O–H groups in total. The smallest absolute Gasteiger partial charge is 0.377 e. The fourth-order valence-corrected chi connectivity index (χ4v) is 2.98. The van der Waals surface area contributed by atoms with Crippen molar-refractivity contribution in [1.82, 2.24) is 9.80 Å². The van der Waals surface area contributed by atoms with E-state index < -0.39 is 4.92 Å². The van der Waals surface area contributed by atoms with Crippen molar-refractivity contribution in [3.63, 3.8) is 0 Å². The van der Waals surface area contributed by atoms with Crippen molar-refractivity contribution in [3.8, 4) is 0 Å². The highest BCUT2D eigenvalue weighted by Gasteiger charge is 2.33.